The number of halogens is 1. The molecule has 0 bridgehead atoms. The fraction of sp³-hybridized carbons (Fsp3) is 0.250. The number of nitrogens with zero attached hydrogens (tertiary/aromatic N) is 1. The molecular weight excluding hydrogens is 219 g/mol. The Morgan fingerprint density at radius 1 is 1.35 bits per heavy atom. The molecule has 0 fully saturated rings. The van der Waals surface area contributed by atoms with E-state index >= 15 is 0 Å². The number of rotatable bonds is 2. The maximum atomic E-state index is 12.8. The van der Waals surface area contributed by atoms with Crippen LogP contribution in [0.1, 0.15) is 12.5 Å². The zero-order valence-electron chi connectivity index (χ0n) is 9.57. The van der Waals surface area contributed by atoms with Crippen LogP contribution in [0.2, 0.25) is 0 Å². The standard InChI is InChI=1S/C12H15FN4/c1-8-11(14)12(15,17-7-16-8)6-9-2-4-10(13)5-3-9/h2-5,7H,6,14-15H2,1H3,(H,16,17). The largest absolute Gasteiger partial charge is 0.398 e. The average molecular weight is 234 g/mol. The van der Waals surface area contributed by atoms with Crippen LogP contribution in [0.25, 0.3) is 0 Å². The predicted octanol–water partition coefficient (Wildman–Crippen LogP) is 0.845. The van der Waals surface area contributed by atoms with E-state index in [1.54, 1.807) is 12.1 Å². The summed E-state index contributed by atoms with van der Waals surface area (Å²) in [6.45, 7) is 1.84. The first-order chi connectivity index (χ1) is 8.01. The lowest BCUT2D eigenvalue weighted by molar-refractivity contribution is 0.498. The van der Waals surface area contributed by atoms with Crippen molar-refractivity contribution in [1.29, 1.82) is 0 Å². The SMILES string of the molecule is CC1=C(N)C(N)(Cc2ccc(F)cc2)N=CN1. The molecule has 5 N–H and O–H groups in total. The number of hydrogen-bond acceptors (Lipinski definition) is 4. The van der Waals surface area contributed by atoms with E-state index in [1.165, 1.54) is 18.5 Å². The average Bonchev–Trinajstić information content (AvgIpc) is 2.29. The van der Waals surface area contributed by atoms with Gasteiger partial charge in [-0.3, -0.25) is 0 Å². The highest BCUT2D eigenvalue weighted by Crippen LogP contribution is 2.21. The lowest BCUT2D eigenvalue weighted by Gasteiger charge is -2.30. The Balaban J connectivity index is 2.25. The second-order valence-electron chi connectivity index (χ2n) is 4.17. The molecule has 1 unspecified atom stereocenters. The quantitative estimate of drug-likeness (QED) is 0.710. The number of aliphatic imine (C=N–C) groups is 1. The van der Waals surface area contributed by atoms with Crippen molar-refractivity contribution >= 4 is 6.34 Å². The third kappa shape index (κ3) is 2.29. The molecule has 0 spiro atoms. The Kier molecular flexibility index (Phi) is 2.85. The normalized spacial score (nSPS) is 23.7. The number of hydrogen-bond donors (Lipinski definition) is 3. The fourth-order valence-corrected chi connectivity index (χ4v) is 1.77. The van der Waals surface area contributed by atoms with Gasteiger partial charge in [0.05, 0.1) is 12.0 Å². The Morgan fingerprint density at radius 3 is 2.65 bits per heavy atom. The van der Waals surface area contributed by atoms with Gasteiger partial charge in [0, 0.05) is 12.1 Å². The van der Waals surface area contributed by atoms with Crippen LogP contribution in [0.5, 0.6) is 0 Å². The van der Waals surface area contributed by atoms with Crippen molar-refractivity contribution in [3.63, 3.8) is 0 Å². The summed E-state index contributed by atoms with van der Waals surface area (Å²) in [5.41, 5.74) is 13.3. The van der Waals surface area contributed by atoms with Crippen LogP contribution in [0, 0.1) is 5.82 Å². The molecule has 1 aromatic carbocycles. The van der Waals surface area contributed by atoms with Crippen LogP contribution in [0.15, 0.2) is 40.7 Å². The van der Waals surface area contributed by atoms with Gasteiger partial charge in [0.25, 0.3) is 0 Å². The number of allylic oxidation sites excluding steroid dienone is 1. The number of nitrogens with two attached hydrogens (primary N) is 2. The molecule has 0 aliphatic carbocycles. The molecule has 0 aromatic heterocycles. The Bertz CT molecular complexity index is 478. The maximum Gasteiger partial charge on any atom is 0.155 e. The Morgan fingerprint density at radius 2 is 2.00 bits per heavy atom. The van der Waals surface area contributed by atoms with E-state index in [2.05, 4.69) is 10.3 Å². The molecule has 5 heteroatoms. The second-order valence-corrected chi connectivity index (χ2v) is 4.17. The van der Waals surface area contributed by atoms with Crippen LogP contribution in [0.4, 0.5) is 4.39 Å². The molecule has 1 aliphatic heterocycles. The number of nitrogens with one attached hydrogen (secondary N) is 1. The van der Waals surface area contributed by atoms with Gasteiger partial charge in [0.15, 0.2) is 5.66 Å². The number of benzene rings is 1. The minimum atomic E-state index is -0.951. The topological polar surface area (TPSA) is 76.4 Å². The zero-order valence-corrected chi connectivity index (χ0v) is 9.57. The summed E-state index contributed by atoms with van der Waals surface area (Å²) in [6.07, 6.45) is 1.98. The first-order valence-corrected chi connectivity index (χ1v) is 5.32. The molecule has 0 amide bonds. The highest BCUT2D eigenvalue weighted by molar-refractivity contribution is 5.62. The van der Waals surface area contributed by atoms with Crippen LogP contribution in [0.3, 0.4) is 0 Å². The van der Waals surface area contributed by atoms with Crippen LogP contribution < -0.4 is 16.8 Å². The summed E-state index contributed by atoms with van der Waals surface area (Å²) in [6, 6.07) is 6.17. The van der Waals surface area contributed by atoms with Gasteiger partial charge in [0.2, 0.25) is 0 Å². The van der Waals surface area contributed by atoms with Gasteiger partial charge in [-0.1, -0.05) is 12.1 Å². The summed E-state index contributed by atoms with van der Waals surface area (Å²) in [5, 5.41) is 2.90. The Labute approximate surface area is 99.2 Å². The van der Waals surface area contributed by atoms with Gasteiger partial charge >= 0.3 is 0 Å². The van der Waals surface area contributed by atoms with E-state index in [1.807, 2.05) is 6.92 Å². The second kappa shape index (κ2) is 4.18. The molecule has 90 valence electrons. The van der Waals surface area contributed by atoms with Gasteiger partial charge in [-0.15, -0.1) is 0 Å². The minimum absolute atomic E-state index is 0.270. The van der Waals surface area contributed by atoms with E-state index in [0.29, 0.717) is 12.1 Å². The molecule has 0 radical (unpaired) electrons. The molecular formula is C12H15FN4. The molecule has 1 atom stereocenters. The molecule has 1 aliphatic rings. The van der Waals surface area contributed by atoms with Crippen LogP contribution in [-0.2, 0) is 6.42 Å². The van der Waals surface area contributed by atoms with Crippen molar-refractivity contribution in [3.05, 3.63) is 47.0 Å². The van der Waals surface area contributed by atoms with Crippen LogP contribution >= 0.6 is 0 Å². The third-order valence-electron chi connectivity index (χ3n) is 2.83. The smallest absolute Gasteiger partial charge is 0.155 e. The molecule has 4 nitrogen and oxygen atoms in total. The minimum Gasteiger partial charge on any atom is -0.398 e. The zero-order chi connectivity index (χ0) is 12.5. The highest BCUT2D eigenvalue weighted by Gasteiger charge is 2.30. The lowest BCUT2D eigenvalue weighted by Crippen LogP contribution is -2.49. The summed E-state index contributed by atoms with van der Waals surface area (Å²) >= 11 is 0. The first kappa shape index (κ1) is 11.6. The van der Waals surface area contributed by atoms with E-state index in [4.69, 9.17) is 11.5 Å². The Hall–Kier alpha value is -1.88. The maximum absolute atomic E-state index is 12.8. The first-order valence-electron chi connectivity index (χ1n) is 5.32. The fourth-order valence-electron chi connectivity index (χ4n) is 1.77. The summed E-state index contributed by atoms with van der Waals surface area (Å²) in [5.74, 6) is -0.270. The monoisotopic (exact) mass is 234 g/mol. The van der Waals surface area contributed by atoms with Gasteiger partial charge in [0.1, 0.15) is 5.82 Å². The van der Waals surface area contributed by atoms with Gasteiger partial charge in [-0.25, -0.2) is 9.38 Å². The summed E-state index contributed by atoms with van der Waals surface area (Å²) in [4.78, 5) is 4.18. The molecule has 17 heavy (non-hydrogen) atoms. The van der Waals surface area contributed by atoms with E-state index in [9.17, 15) is 4.39 Å². The third-order valence-corrected chi connectivity index (χ3v) is 2.83. The molecule has 0 saturated carbocycles. The van der Waals surface area contributed by atoms with Crippen molar-refractivity contribution in [2.45, 2.75) is 19.0 Å². The molecule has 0 saturated heterocycles. The van der Waals surface area contributed by atoms with Gasteiger partial charge < -0.3 is 16.8 Å². The molecule has 1 aromatic rings. The lowest BCUT2D eigenvalue weighted by atomic mass is 9.96. The van der Waals surface area contributed by atoms with Crippen molar-refractivity contribution in [2.75, 3.05) is 0 Å². The van der Waals surface area contributed by atoms with E-state index in [-0.39, 0.29) is 5.82 Å². The van der Waals surface area contributed by atoms with Crippen LogP contribution in [-0.4, -0.2) is 12.0 Å². The van der Waals surface area contributed by atoms with E-state index < -0.39 is 5.66 Å². The van der Waals surface area contributed by atoms with Crippen molar-refractivity contribution < 1.29 is 4.39 Å². The van der Waals surface area contributed by atoms with Gasteiger partial charge in [-0.2, -0.15) is 0 Å². The van der Waals surface area contributed by atoms with Crippen molar-refractivity contribution in [3.8, 4) is 0 Å². The highest BCUT2D eigenvalue weighted by atomic mass is 19.1. The van der Waals surface area contributed by atoms with E-state index in [0.717, 1.165) is 11.3 Å². The molecule has 1 heterocycles. The van der Waals surface area contributed by atoms with Crippen molar-refractivity contribution in [1.82, 2.24) is 5.32 Å². The van der Waals surface area contributed by atoms with Gasteiger partial charge in [-0.05, 0) is 24.6 Å². The van der Waals surface area contributed by atoms with Crippen molar-refractivity contribution in [2.24, 2.45) is 16.5 Å². The molecule has 2 rings (SSSR count). The summed E-state index contributed by atoms with van der Waals surface area (Å²) < 4.78 is 12.8. The predicted molar refractivity (Wildman–Crippen MR) is 65.5 cm³/mol. The summed E-state index contributed by atoms with van der Waals surface area (Å²) in [7, 11) is 0.